The fourth-order valence-electron chi connectivity index (χ4n) is 3.93. The number of nitrogens with one attached hydrogen (secondary N) is 1. The largest absolute Gasteiger partial charge is 0.379 e. The molecule has 0 aliphatic rings. The fraction of sp³-hybridized carbons (Fsp3) is 0.333. The van der Waals surface area contributed by atoms with Crippen LogP contribution in [0.4, 0.5) is 0 Å². The minimum absolute atomic E-state index is 0.0701. The number of benzene rings is 3. The number of rotatable bonds is 13. The van der Waals surface area contributed by atoms with Crippen LogP contribution in [-0.4, -0.2) is 42.0 Å². The minimum atomic E-state index is -0.625. The first-order chi connectivity index (χ1) is 17.0. The van der Waals surface area contributed by atoms with Gasteiger partial charge in [-0.1, -0.05) is 91.0 Å². The highest BCUT2D eigenvalue weighted by molar-refractivity contribution is 5.88. The van der Waals surface area contributed by atoms with Crippen molar-refractivity contribution in [3.05, 3.63) is 108 Å². The van der Waals surface area contributed by atoms with Crippen molar-refractivity contribution in [3.63, 3.8) is 0 Å². The monoisotopic (exact) mass is 472 g/mol. The summed E-state index contributed by atoms with van der Waals surface area (Å²) in [4.78, 5) is 28.8. The molecule has 184 valence electrons. The van der Waals surface area contributed by atoms with E-state index in [9.17, 15) is 9.59 Å². The van der Waals surface area contributed by atoms with E-state index in [1.807, 2.05) is 105 Å². The summed E-state index contributed by atoms with van der Waals surface area (Å²) in [5.74, 6) is -0.213. The van der Waals surface area contributed by atoms with Gasteiger partial charge in [0.25, 0.3) is 0 Å². The van der Waals surface area contributed by atoms with Gasteiger partial charge in [-0.05, 0) is 37.0 Å². The predicted octanol–water partition coefficient (Wildman–Crippen LogP) is 4.80. The molecule has 0 aliphatic heterocycles. The molecule has 0 aromatic heterocycles. The summed E-state index contributed by atoms with van der Waals surface area (Å²) in [6.45, 7) is 5.45. The standard InChI is InChI=1S/C30H36N2O3/c1-24(2)35-20-12-19-31-30(34)28(21-25-13-6-3-7-14-25)32(23-27-17-10-5-11-18-27)29(33)22-26-15-8-4-9-16-26/h3-11,13-18,24,28H,12,19-23H2,1-2H3,(H,31,34)/t28-/m0/s1. The third kappa shape index (κ3) is 9.02. The number of ether oxygens (including phenoxy) is 1. The Morgan fingerprint density at radius 3 is 1.91 bits per heavy atom. The molecule has 1 N–H and O–H groups in total. The Morgan fingerprint density at radius 2 is 1.34 bits per heavy atom. The van der Waals surface area contributed by atoms with Crippen LogP contribution in [0.15, 0.2) is 91.0 Å². The third-order valence-electron chi connectivity index (χ3n) is 5.74. The molecular formula is C30H36N2O3. The summed E-state index contributed by atoms with van der Waals surface area (Å²) >= 11 is 0. The van der Waals surface area contributed by atoms with Crippen molar-refractivity contribution < 1.29 is 14.3 Å². The van der Waals surface area contributed by atoms with E-state index in [0.717, 1.165) is 23.1 Å². The van der Waals surface area contributed by atoms with Crippen LogP contribution in [0, 0.1) is 0 Å². The second kappa shape index (κ2) is 14.1. The van der Waals surface area contributed by atoms with Gasteiger partial charge in [0.1, 0.15) is 6.04 Å². The molecule has 3 aromatic carbocycles. The molecule has 0 fully saturated rings. The molecule has 0 unspecified atom stereocenters. The first-order valence-electron chi connectivity index (χ1n) is 12.3. The van der Waals surface area contributed by atoms with Crippen molar-refractivity contribution in [1.29, 1.82) is 0 Å². The van der Waals surface area contributed by atoms with E-state index in [1.54, 1.807) is 4.90 Å². The molecule has 35 heavy (non-hydrogen) atoms. The number of carbonyl (C=O) groups excluding carboxylic acids is 2. The number of hydrogen-bond donors (Lipinski definition) is 1. The Balaban J connectivity index is 1.83. The molecule has 2 amide bonds. The van der Waals surface area contributed by atoms with Crippen LogP contribution < -0.4 is 5.32 Å². The Hall–Kier alpha value is -3.44. The van der Waals surface area contributed by atoms with Crippen LogP contribution in [0.5, 0.6) is 0 Å². The maximum Gasteiger partial charge on any atom is 0.243 e. The van der Waals surface area contributed by atoms with Crippen LogP contribution in [-0.2, 0) is 33.7 Å². The van der Waals surface area contributed by atoms with Crippen LogP contribution in [0.1, 0.15) is 37.0 Å². The van der Waals surface area contributed by atoms with Gasteiger partial charge in [-0.25, -0.2) is 0 Å². The van der Waals surface area contributed by atoms with Crippen molar-refractivity contribution in [2.45, 2.75) is 51.8 Å². The summed E-state index contributed by atoms with van der Waals surface area (Å²) in [6.07, 6.45) is 1.57. The Bertz CT molecular complexity index is 1020. The molecule has 3 aromatic rings. The van der Waals surface area contributed by atoms with E-state index in [-0.39, 0.29) is 24.3 Å². The zero-order valence-corrected chi connectivity index (χ0v) is 20.7. The van der Waals surface area contributed by atoms with E-state index in [1.165, 1.54) is 0 Å². The van der Waals surface area contributed by atoms with E-state index >= 15 is 0 Å². The molecule has 0 radical (unpaired) electrons. The molecule has 0 aliphatic carbocycles. The molecule has 0 saturated heterocycles. The summed E-state index contributed by atoms with van der Waals surface area (Å²) in [6, 6.07) is 28.8. The van der Waals surface area contributed by atoms with Gasteiger partial charge in [-0.15, -0.1) is 0 Å². The lowest BCUT2D eigenvalue weighted by Gasteiger charge is -2.31. The lowest BCUT2D eigenvalue weighted by atomic mass is 10.0. The molecule has 0 spiro atoms. The first-order valence-corrected chi connectivity index (χ1v) is 12.3. The maximum atomic E-state index is 13.6. The molecule has 5 heteroatoms. The van der Waals surface area contributed by atoms with Crippen LogP contribution in [0.2, 0.25) is 0 Å². The summed E-state index contributed by atoms with van der Waals surface area (Å²) in [5, 5.41) is 3.05. The second-order valence-corrected chi connectivity index (χ2v) is 8.94. The molecule has 1 atom stereocenters. The summed E-state index contributed by atoms with van der Waals surface area (Å²) < 4.78 is 5.60. The van der Waals surface area contributed by atoms with Crippen LogP contribution in [0.3, 0.4) is 0 Å². The van der Waals surface area contributed by atoms with Crippen molar-refractivity contribution in [3.8, 4) is 0 Å². The topological polar surface area (TPSA) is 58.6 Å². The fourth-order valence-corrected chi connectivity index (χ4v) is 3.93. The normalized spacial score (nSPS) is 11.7. The van der Waals surface area contributed by atoms with E-state index in [4.69, 9.17) is 4.74 Å². The minimum Gasteiger partial charge on any atom is -0.379 e. The molecule has 0 heterocycles. The quantitative estimate of drug-likeness (QED) is 0.364. The predicted molar refractivity (Wildman–Crippen MR) is 140 cm³/mol. The van der Waals surface area contributed by atoms with E-state index in [2.05, 4.69) is 5.32 Å². The van der Waals surface area contributed by atoms with E-state index in [0.29, 0.717) is 26.1 Å². The number of hydrogen-bond acceptors (Lipinski definition) is 3. The lowest BCUT2D eigenvalue weighted by molar-refractivity contribution is -0.140. The maximum absolute atomic E-state index is 13.6. The Kier molecular flexibility index (Phi) is 10.5. The second-order valence-electron chi connectivity index (χ2n) is 8.94. The average Bonchev–Trinajstić information content (AvgIpc) is 2.87. The molecule has 0 saturated carbocycles. The third-order valence-corrected chi connectivity index (χ3v) is 5.74. The Labute approximate surface area is 209 Å². The number of amides is 2. The lowest BCUT2D eigenvalue weighted by Crippen LogP contribution is -2.51. The van der Waals surface area contributed by atoms with Crippen molar-refractivity contribution in [2.75, 3.05) is 13.2 Å². The molecule has 3 rings (SSSR count). The zero-order chi connectivity index (χ0) is 24.9. The van der Waals surface area contributed by atoms with Crippen LogP contribution >= 0.6 is 0 Å². The Morgan fingerprint density at radius 1 is 0.800 bits per heavy atom. The average molecular weight is 473 g/mol. The van der Waals surface area contributed by atoms with Gasteiger partial charge in [-0.3, -0.25) is 9.59 Å². The number of carbonyl (C=O) groups is 2. The highest BCUT2D eigenvalue weighted by atomic mass is 16.5. The molecule has 0 bridgehead atoms. The summed E-state index contributed by atoms with van der Waals surface area (Å²) in [5.41, 5.74) is 2.94. The molecular weight excluding hydrogens is 436 g/mol. The highest BCUT2D eigenvalue weighted by Gasteiger charge is 2.30. The van der Waals surface area contributed by atoms with E-state index < -0.39 is 6.04 Å². The highest BCUT2D eigenvalue weighted by Crippen LogP contribution is 2.16. The SMILES string of the molecule is CC(C)OCCCNC(=O)[C@H](Cc1ccccc1)N(Cc1ccccc1)C(=O)Cc1ccccc1. The van der Waals surface area contributed by atoms with Gasteiger partial charge in [-0.2, -0.15) is 0 Å². The summed E-state index contributed by atoms with van der Waals surface area (Å²) in [7, 11) is 0. The van der Waals surface area contributed by atoms with Gasteiger partial charge in [0, 0.05) is 26.1 Å². The van der Waals surface area contributed by atoms with Crippen molar-refractivity contribution >= 4 is 11.8 Å². The van der Waals surface area contributed by atoms with Gasteiger partial charge in [0.15, 0.2) is 0 Å². The number of nitrogens with zero attached hydrogens (tertiary/aromatic N) is 1. The van der Waals surface area contributed by atoms with Crippen molar-refractivity contribution in [1.82, 2.24) is 10.2 Å². The van der Waals surface area contributed by atoms with Gasteiger partial charge < -0.3 is 15.0 Å². The van der Waals surface area contributed by atoms with Crippen molar-refractivity contribution in [2.24, 2.45) is 0 Å². The van der Waals surface area contributed by atoms with Gasteiger partial charge >= 0.3 is 0 Å². The zero-order valence-electron chi connectivity index (χ0n) is 20.7. The first kappa shape index (κ1) is 26.2. The van der Waals surface area contributed by atoms with Crippen LogP contribution in [0.25, 0.3) is 0 Å². The molecule has 5 nitrogen and oxygen atoms in total. The van der Waals surface area contributed by atoms with Gasteiger partial charge in [0.2, 0.25) is 11.8 Å². The smallest absolute Gasteiger partial charge is 0.243 e. The van der Waals surface area contributed by atoms with Gasteiger partial charge in [0.05, 0.1) is 12.5 Å².